The minimum absolute atomic E-state index is 0.0851. The van der Waals surface area contributed by atoms with Crippen LogP contribution in [0.5, 0.6) is 5.75 Å². The van der Waals surface area contributed by atoms with E-state index in [4.69, 9.17) is 5.73 Å². The van der Waals surface area contributed by atoms with Gasteiger partial charge in [-0.05, 0) is 79.9 Å². The van der Waals surface area contributed by atoms with E-state index in [0.29, 0.717) is 28.6 Å². The first kappa shape index (κ1) is 28.4. The minimum Gasteiger partial charge on any atom is -0.510 e. The van der Waals surface area contributed by atoms with Gasteiger partial charge in [0.25, 0.3) is 5.91 Å². The number of fused-ring (bicyclic) bond motifs is 3. The van der Waals surface area contributed by atoms with Crippen molar-refractivity contribution in [3.8, 4) is 5.75 Å². The topological polar surface area (TPSA) is 161 Å². The summed E-state index contributed by atoms with van der Waals surface area (Å²) >= 11 is 3.94. The molecule has 1 saturated carbocycles. The van der Waals surface area contributed by atoms with Crippen molar-refractivity contribution in [2.24, 2.45) is 17.6 Å². The fourth-order valence-corrected chi connectivity index (χ4v) is 9.04. The molecule has 5 rings (SSSR count). The van der Waals surface area contributed by atoms with Crippen LogP contribution >= 0.6 is 34.4 Å². The Morgan fingerprint density at radius 2 is 1.85 bits per heavy atom. The number of Topliss-reactive ketones (excluding diaryl/α,β-unsaturated/α-hetero) is 2. The number of halogens is 1. The summed E-state index contributed by atoms with van der Waals surface area (Å²) in [4.78, 5) is 41.0. The van der Waals surface area contributed by atoms with Gasteiger partial charge >= 0.3 is 0 Å². The number of primary amides is 1. The second-order valence-corrected chi connectivity index (χ2v) is 13.7. The molecular formula is C28H33IN2O7S. The molecule has 0 spiro atoms. The molecule has 0 radical (unpaired) electrons. The molecule has 11 heteroatoms. The number of benzene rings is 1. The van der Waals surface area contributed by atoms with Crippen molar-refractivity contribution in [1.29, 1.82) is 0 Å². The van der Waals surface area contributed by atoms with Crippen LogP contribution in [0.3, 0.4) is 0 Å². The van der Waals surface area contributed by atoms with Gasteiger partial charge in [0.15, 0.2) is 11.4 Å². The maximum Gasteiger partial charge on any atom is 0.255 e. The number of aromatic hydroxyl groups is 1. The van der Waals surface area contributed by atoms with E-state index in [1.54, 1.807) is 30.8 Å². The molecule has 0 aromatic heterocycles. The molecule has 1 fully saturated rings. The fraction of sp³-hybridized carbons (Fsp3) is 0.536. The lowest BCUT2D eigenvalue weighted by molar-refractivity contribution is -0.148. The zero-order chi connectivity index (χ0) is 28.4. The number of phenolic OH excluding ortho intramolecular Hbond substituents is 1. The maximum absolute atomic E-state index is 13.9. The van der Waals surface area contributed by atoms with E-state index in [9.17, 15) is 34.8 Å². The third kappa shape index (κ3) is 4.40. The smallest absolute Gasteiger partial charge is 0.255 e. The van der Waals surface area contributed by atoms with Gasteiger partial charge in [-0.1, -0.05) is 19.3 Å². The van der Waals surface area contributed by atoms with Crippen molar-refractivity contribution in [2.45, 2.75) is 67.6 Å². The average Bonchev–Trinajstić information content (AvgIpc) is 2.87. The van der Waals surface area contributed by atoms with Crippen LogP contribution in [0.1, 0.15) is 60.0 Å². The zero-order valence-corrected chi connectivity index (χ0v) is 24.8. The lowest BCUT2D eigenvalue weighted by atomic mass is 9.58. The van der Waals surface area contributed by atoms with Crippen molar-refractivity contribution < 1.29 is 34.8 Å². The van der Waals surface area contributed by atoms with Crippen molar-refractivity contribution in [3.63, 3.8) is 0 Å². The van der Waals surface area contributed by atoms with Crippen LogP contribution in [-0.2, 0) is 21.8 Å². The van der Waals surface area contributed by atoms with Crippen molar-refractivity contribution >= 4 is 51.8 Å². The molecule has 0 aliphatic heterocycles. The highest BCUT2D eigenvalue weighted by atomic mass is 127. The number of nitrogens with two attached hydrogens (primary N) is 1. The SMILES string of the molecule is CN(C)C1C(O)=C(C(N)=O)C(=O)C2(O)C(O)=C3C(=O)c4c(O)c(CSC5CCCCC5)cc(I)c4CC3CC12. The summed E-state index contributed by atoms with van der Waals surface area (Å²) in [5.41, 5.74) is 3.22. The number of ketones is 2. The molecule has 0 heterocycles. The van der Waals surface area contributed by atoms with E-state index in [-0.39, 0.29) is 23.3 Å². The van der Waals surface area contributed by atoms with Gasteiger partial charge in [0, 0.05) is 31.6 Å². The Balaban J connectivity index is 1.59. The average molecular weight is 669 g/mol. The summed E-state index contributed by atoms with van der Waals surface area (Å²) in [6.45, 7) is 0. The molecule has 4 aliphatic carbocycles. The Kier molecular flexibility index (Phi) is 7.57. The first-order valence-corrected chi connectivity index (χ1v) is 15.3. The van der Waals surface area contributed by atoms with Gasteiger partial charge in [-0.25, -0.2) is 0 Å². The number of aliphatic hydroxyl groups is 3. The predicted octanol–water partition coefficient (Wildman–Crippen LogP) is 3.29. The number of hydrogen-bond donors (Lipinski definition) is 5. The molecule has 1 aromatic carbocycles. The Morgan fingerprint density at radius 3 is 2.46 bits per heavy atom. The molecule has 0 bridgehead atoms. The van der Waals surface area contributed by atoms with Crippen molar-refractivity contribution in [1.82, 2.24) is 4.90 Å². The number of phenols is 1. The van der Waals surface area contributed by atoms with Crippen molar-refractivity contribution in [3.05, 3.63) is 49.0 Å². The lowest BCUT2D eigenvalue weighted by Gasteiger charge is -2.50. The summed E-state index contributed by atoms with van der Waals surface area (Å²) in [5.74, 6) is -5.69. The van der Waals surface area contributed by atoms with Crippen LogP contribution in [0.25, 0.3) is 0 Å². The lowest BCUT2D eigenvalue weighted by Crippen LogP contribution is -2.63. The molecule has 210 valence electrons. The third-order valence-electron chi connectivity index (χ3n) is 8.77. The number of nitrogens with zero attached hydrogens (tertiary/aromatic N) is 1. The van der Waals surface area contributed by atoms with E-state index in [1.165, 1.54) is 19.3 Å². The summed E-state index contributed by atoms with van der Waals surface area (Å²) in [7, 11) is 3.22. The van der Waals surface area contributed by atoms with Gasteiger partial charge < -0.3 is 26.2 Å². The zero-order valence-electron chi connectivity index (χ0n) is 21.9. The Bertz CT molecular complexity index is 1330. The van der Waals surface area contributed by atoms with Crippen LogP contribution in [0, 0.1) is 15.4 Å². The molecule has 4 unspecified atom stereocenters. The van der Waals surface area contributed by atoms with Gasteiger partial charge in [0.2, 0.25) is 5.78 Å². The molecule has 4 atom stereocenters. The van der Waals surface area contributed by atoms with Crippen LogP contribution in [0.2, 0.25) is 0 Å². The summed E-state index contributed by atoms with van der Waals surface area (Å²) in [6.07, 6.45) is 6.29. The van der Waals surface area contributed by atoms with Crippen LogP contribution < -0.4 is 5.73 Å². The number of rotatable bonds is 5. The summed E-state index contributed by atoms with van der Waals surface area (Å²) in [5, 5.41) is 45.8. The standard InChI is InChI=1S/C28H33IN2O7S/c1-31(2)21-16-9-12-8-15-17(29)10-13(11-39-14-6-4-3-5-7-14)22(32)19(15)23(33)18(12)25(35)28(16,38)26(36)20(24(21)34)27(30)37/h10,12,14,16,21,32,34-35,38H,3-9,11H2,1-2H3,(H2,30,37). The normalized spacial score (nSPS) is 29.4. The van der Waals surface area contributed by atoms with Crippen LogP contribution in [-0.4, -0.2) is 73.8 Å². The second-order valence-electron chi connectivity index (χ2n) is 11.3. The summed E-state index contributed by atoms with van der Waals surface area (Å²) < 4.78 is 0.829. The van der Waals surface area contributed by atoms with Gasteiger partial charge in [-0.3, -0.25) is 19.3 Å². The fourth-order valence-electron chi connectivity index (χ4n) is 6.87. The number of carbonyl (C=O) groups excluding carboxylic acids is 3. The second kappa shape index (κ2) is 10.4. The maximum atomic E-state index is 13.9. The largest absolute Gasteiger partial charge is 0.510 e. The molecule has 1 amide bonds. The molecule has 4 aliphatic rings. The van der Waals surface area contributed by atoms with E-state index in [2.05, 4.69) is 22.6 Å². The molecule has 6 N–H and O–H groups in total. The van der Waals surface area contributed by atoms with E-state index in [1.807, 2.05) is 6.07 Å². The highest BCUT2D eigenvalue weighted by Crippen LogP contribution is 2.53. The Labute approximate surface area is 244 Å². The molecule has 0 saturated heterocycles. The quantitative estimate of drug-likeness (QED) is 0.234. The number of hydrogen-bond acceptors (Lipinski definition) is 9. The highest BCUT2D eigenvalue weighted by molar-refractivity contribution is 14.1. The minimum atomic E-state index is -2.62. The Hall–Kier alpha value is -2.09. The van der Waals surface area contributed by atoms with Gasteiger partial charge in [-0.15, -0.1) is 0 Å². The highest BCUT2D eigenvalue weighted by Gasteiger charge is 2.63. The number of carbonyl (C=O) groups is 3. The first-order valence-electron chi connectivity index (χ1n) is 13.2. The van der Waals surface area contributed by atoms with E-state index < -0.39 is 58.0 Å². The number of thioether (sulfide) groups is 1. The van der Waals surface area contributed by atoms with Gasteiger partial charge in [0.1, 0.15) is 22.8 Å². The molecule has 9 nitrogen and oxygen atoms in total. The predicted molar refractivity (Wildman–Crippen MR) is 155 cm³/mol. The first-order chi connectivity index (χ1) is 18.4. The number of likely N-dealkylation sites (N-methyl/N-ethyl adjacent to an activating group) is 1. The molecule has 39 heavy (non-hydrogen) atoms. The van der Waals surface area contributed by atoms with Crippen LogP contribution in [0.15, 0.2) is 28.7 Å². The number of allylic oxidation sites excluding steroid dienone is 1. The van der Waals surface area contributed by atoms with Crippen molar-refractivity contribution in [2.75, 3.05) is 14.1 Å². The van der Waals surface area contributed by atoms with Crippen LogP contribution in [0.4, 0.5) is 0 Å². The molecule has 1 aromatic rings. The number of amides is 1. The molecular weight excluding hydrogens is 635 g/mol. The van der Waals surface area contributed by atoms with E-state index >= 15 is 0 Å². The van der Waals surface area contributed by atoms with Gasteiger partial charge in [0.05, 0.1) is 11.6 Å². The monoisotopic (exact) mass is 668 g/mol. The van der Waals surface area contributed by atoms with E-state index in [0.717, 1.165) is 16.4 Å². The third-order valence-corrected chi connectivity index (χ3v) is 11.2. The van der Waals surface area contributed by atoms with Gasteiger partial charge in [-0.2, -0.15) is 11.8 Å². The Morgan fingerprint density at radius 1 is 1.18 bits per heavy atom. The number of aliphatic hydroxyl groups excluding tert-OH is 2. The summed E-state index contributed by atoms with van der Waals surface area (Å²) in [6, 6.07) is 0.911.